The first kappa shape index (κ1) is 9.52. The number of hydrogen-bond donors (Lipinski definition) is 2. The number of rotatable bonds is 2. The van der Waals surface area contributed by atoms with E-state index < -0.39 is 0 Å². The summed E-state index contributed by atoms with van der Waals surface area (Å²) in [5.41, 5.74) is 0. The molecule has 0 saturated heterocycles. The fraction of sp³-hybridized carbons (Fsp3) is 0.889. The third-order valence-corrected chi connectivity index (χ3v) is 2.40. The van der Waals surface area contributed by atoms with E-state index in [1.165, 1.54) is 0 Å². The summed E-state index contributed by atoms with van der Waals surface area (Å²) >= 11 is 0. The number of carbonyl (C=O) groups is 1. The van der Waals surface area contributed by atoms with Gasteiger partial charge in [-0.2, -0.15) is 0 Å². The van der Waals surface area contributed by atoms with Gasteiger partial charge in [-0.05, 0) is 12.8 Å². The lowest BCUT2D eigenvalue weighted by Crippen LogP contribution is -2.44. The van der Waals surface area contributed by atoms with Crippen molar-refractivity contribution in [2.24, 2.45) is 0 Å². The minimum absolute atomic E-state index is 0.00574. The topological polar surface area (TPSA) is 49.3 Å². The first-order valence-corrected chi connectivity index (χ1v) is 4.71. The van der Waals surface area contributed by atoms with Gasteiger partial charge in [0.15, 0.2) is 0 Å². The minimum Gasteiger partial charge on any atom is -0.391 e. The first-order valence-electron chi connectivity index (χ1n) is 4.71. The van der Waals surface area contributed by atoms with E-state index in [4.69, 9.17) is 0 Å². The molecular formula is C9H17NO2. The molecule has 1 rings (SSSR count). The standard InChI is InChI=1S/C9H17NO2/c1-2-9(12)10-7-5-3-4-6-8(7)11/h7-8,11H,2-6H2,1H3,(H,10,12)/t7-,8+/m0/s1. The van der Waals surface area contributed by atoms with Crippen molar-refractivity contribution in [1.29, 1.82) is 0 Å². The molecule has 12 heavy (non-hydrogen) atoms. The van der Waals surface area contributed by atoms with Crippen LogP contribution in [0.5, 0.6) is 0 Å². The van der Waals surface area contributed by atoms with Gasteiger partial charge in [0.25, 0.3) is 0 Å². The van der Waals surface area contributed by atoms with Crippen molar-refractivity contribution in [1.82, 2.24) is 5.32 Å². The summed E-state index contributed by atoms with van der Waals surface area (Å²) in [6.07, 6.45) is 4.13. The Hall–Kier alpha value is -0.570. The van der Waals surface area contributed by atoms with Gasteiger partial charge in [-0.15, -0.1) is 0 Å². The molecule has 0 unspecified atom stereocenters. The van der Waals surface area contributed by atoms with Crippen LogP contribution in [0.4, 0.5) is 0 Å². The van der Waals surface area contributed by atoms with E-state index in [1.807, 2.05) is 6.92 Å². The first-order chi connectivity index (χ1) is 5.74. The molecule has 0 aromatic rings. The molecule has 0 aromatic carbocycles. The van der Waals surface area contributed by atoms with Crippen LogP contribution in [0.15, 0.2) is 0 Å². The monoisotopic (exact) mass is 171 g/mol. The molecule has 0 radical (unpaired) electrons. The van der Waals surface area contributed by atoms with Crippen molar-refractivity contribution < 1.29 is 9.90 Å². The molecule has 1 aliphatic rings. The van der Waals surface area contributed by atoms with Gasteiger partial charge in [0.2, 0.25) is 5.91 Å². The molecule has 1 aliphatic carbocycles. The third kappa shape index (κ3) is 2.48. The molecular weight excluding hydrogens is 154 g/mol. The Kier molecular flexibility index (Phi) is 3.53. The van der Waals surface area contributed by atoms with E-state index in [0.717, 1.165) is 25.7 Å². The molecule has 70 valence electrons. The summed E-state index contributed by atoms with van der Waals surface area (Å²) < 4.78 is 0. The summed E-state index contributed by atoms with van der Waals surface area (Å²) in [5, 5.41) is 12.3. The number of carbonyl (C=O) groups excluding carboxylic acids is 1. The highest BCUT2D eigenvalue weighted by molar-refractivity contribution is 5.75. The Morgan fingerprint density at radius 3 is 2.75 bits per heavy atom. The highest BCUT2D eigenvalue weighted by Crippen LogP contribution is 2.18. The third-order valence-electron chi connectivity index (χ3n) is 2.40. The number of amides is 1. The second-order valence-corrected chi connectivity index (χ2v) is 3.38. The second-order valence-electron chi connectivity index (χ2n) is 3.38. The van der Waals surface area contributed by atoms with E-state index in [9.17, 15) is 9.90 Å². The van der Waals surface area contributed by atoms with Crippen LogP contribution in [0.25, 0.3) is 0 Å². The Balaban J connectivity index is 2.33. The van der Waals surface area contributed by atoms with Gasteiger partial charge in [0.1, 0.15) is 0 Å². The summed E-state index contributed by atoms with van der Waals surface area (Å²) in [5.74, 6) is 0.0425. The maximum absolute atomic E-state index is 11.0. The number of aliphatic hydroxyl groups excluding tert-OH is 1. The summed E-state index contributed by atoms with van der Waals surface area (Å²) in [6.45, 7) is 1.82. The van der Waals surface area contributed by atoms with E-state index in [2.05, 4.69) is 5.32 Å². The van der Waals surface area contributed by atoms with E-state index in [0.29, 0.717) is 6.42 Å². The van der Waals surface area contributed by atoms with Crippen LogP contribution in [-0.2, 0) is 4.79 Å². The van der Waals surface area contributed by atoms with Gasteiger partial charge < -0.3 is 10.4 Å². The largest absolute Gasteiger partial charge is 0.391 e. The van der Waals surface area contributed by atoms with Crippen molar-refractivity contribution in [3.8, 4) is 0 Å². The molecule has 0 spiro atoms. The van der Waals surface area contributed by atoms with Crippen molar-refractivity contribution >= 4 is 5.91 Å². The van der Waals surface area contributed by atoms with Gasteiger partial charge >= 0.3 is 0 Å². The lowest BCUT2D eigenvalue weighted by molar-refractivity contribution is -0.122. The fourth-order valence-corrected chi connectivity index (χ4v) is 1.59. The van der Waals surface area contributed by atoms with Gasteiger partial charge in [-0.3, -0.25) is 4.79 Å². The van der Waals surface area contributed by atoms with Gasteiger partial charge in [-0.1, -0.05) is 19.8 Å². The van der Waals surface area contributed by atoms with Gasteiger partial charge in [-0.25, -0.2) is 0 Å². The molecule has 3 nitrogen and oxygen atoms in total. The number of hydrogen-bond acceptors (Lipinski definition) is 2. The predicted molar refractivity (Wildman–Crippen MR) is 46.7 cm³/mol. The number of aliphatic hydroxyl groups is 1. The zero-order valence-electron chi connectivity index (χ0n) is 7.55. The second kappa shape index (κ2) is 4.45. The summed E-state index contributed by atoms with van der Waals surface area (Å²) in [4.78, 5) is 11.0. The van der Waals surface area contributed by atoms with E-state index in [-0.39, 0.29) is 18.1 Å². The van der Waals surface area contributed by atoms with Crippen LogP contribution in [0.3, 0.4) is 0 Å². The quantitative estimate of drug-likeness (QED) is 0.646. The zero-order chi connectivity index (χ0) is 8.97. The number of nitrogens with one attached hydrogen (secondary N) is 1. The average molecular weight is 171 g/mol. The Morgan fingerprint density at radius 1 is 1.50 bits per heavy atom. The fourth-order valence-electron chi connectivity index (χ4n) is 1.59. The van der Waals surface area contributed by atoms with Crippen molar-refractivity contribution in [2.75, 3.05) is 0 Å². The van der Waals surface area contributed by atoms with Gasteiger partial charge in [0.05, 0.1) is 12.1 Å². The molecule has 1 amide bonds. The van der Waals surface area contributed by atoms with Crippen LogP contribution < -0.4 is 5.32 Å². The highest BCUT2D eigenvalue weighted by Gasteiger charge is 2.23. The highest BCUT2D eigenvalue weighted by atomic mass is 16.3. The SMILES string of the molecule is CCC(=O)N[C@H]1CCCC[C@H]1O. The lowest BCUT2D eigenvalue weighted by atomic mass is 9.92. The van der Waals surface area contributed by atoms with Crippen molar-refractivity contribution in [3.63, 3.8) is 0 Å². The molecule has 2 N–H and O–H groups in total. The average Bonchev–Trinajstić information content (AvgIpc) is 2.09. The predicted octanol–water partition coefficient (Wildman–Crippen LogP) is 0.816. The lowest BCUT2D eigenvalue weighted by Gasteiger charge is -2.28. The maximum Gasteiger partial charge on any atom is 0.220 e. The molecule has 0 bridgehead atoms. The van der Waals surface area contributed by atoms with Crippen LogP contribution in [-0.4, -0.2) is 23.2 Å². The summed E-state index contributed by atoms with van der Waals surface area (Å²) in [7, 11) is 0. The van der Waals surface area contributed by atoms with Crippen LogP contribution in [0.1, 0.15) is 39.0 Å². The van der Waals surface area contributed by atoms with Crippen molar-refractivity contribution in [3.05, 3.63) is 0 Å². The Morgan fingerprint density at radius 2 is 2.17 bits per heavy atom. The normalized spacial score (nSPS) is 29.8. The van der Waals surface area contributed by atoms with Crippen LogP contribution in [0, 0.1) is 0 Å². The zero-order valence-corrected chi connectivity index (χ0v) is 7.55. The minimum atomic E-state index is -0.325. The van der Waals surface area contributed by atoms with Gasteiger partial charge in [0, 0.05) is 6.42 Å². The molecule has 0 aromatic heterocycles. The van der Waals surface area contributed by atoms with Crippen LogP contribution >= 0.6 is 0 Å². The molecule has 0 heterocycles. The molecule has 3 heteroatoms. The molecule has 2 atom stereocenters. The van der Waals surface area contributed by atoms with E-state index in [1.54, 1.807) is 0 Å². The Labute approximate surface area is 73.2 Å². The van der Waals surface area contributed by atoms with Crippen molar-refractivity contribution in [2.45, 2.75) is 51.2 Å². The molecule has 1 saturated carbocycles. The smallest absolute Gasteiger partial charge is 0.220 e. The van der Waals surface area contributed by atoms with Crippen LogP contribution in [0.2, 0.25) is 0 Å². The maximum atomic E-state index is 11.0. The molecule has 1 fully saturated rings. The van der Waals surface area contributed by atoms with E-state index >= 15 is 0 Å². The molecule has 0 aliphatic heterocycles. The Bertz CT molecular complexity index is 159. The summed E-state index contributed by atoms with van der Waals surface area (Å²) in [6, 6.07) is 0.00574.